The predicted molar refractivity (Wildman–Crippen MR) is 80.7 cm³/mol. The van der Waals surface area contributed by atoms with Gasteiger partial charge in [-0.3, -0.25) is 0 Å². The monoisotopic (exact) mass is 358 g/mol. The van der Waals surface area contributed by atoms with Crippen molar-refractivity contribution in [2.45, 2.75) is 24.9 Å². The fourth-order valence-corrected chi connectivity index (χ4v) is 2.99. The van der Waals surface area contributed by atoms with Gasteiger partial charge in [0.25, 0.3) is 0 Å². The third kappa shape index (κ3) is 3.38. The van der Waals surface area contributed by atoms with E-state index in [9.17, 15) is 8.42 Å². The van der Waals surface area contributed by atoms with Gasteiger partial charge in [0.2, 0.25) is 10.0 Å². The Kier molecular flexibility index (Phi) is 4.46. The highest BCUT2D eigenvalue weighted by molar-refractivity contribution is 9.10. The first kappa shape index (κ1) is 15.0. The summed E-state index contributed by atoms with van der Waals surface area (Å²) >= 11 is 3.33. The molecule has 3 N–H and O–H groups in total. The third-order valence-corrected chi connectivity index (χ3v) is 4.44. The van der Waals surface area contributed by atoms with E-state index in [2.05, 4.69) is 26.2 Å². The van der Waals surface area contributed by atoms with Crippen molar-refractivity contribution in [3.8, 4) is 0 Å². The summed E-state index contributed by atoms with van der Waals surface area (Å²) in [7, 11) is -3.68. The number of nitrogens with two attached hydrogens (primary N) is 1. The molecule has 20 heavy (non-hydrogen) atoms. The zero-order chi connectivity index (χ0) is 14.8. The number of aromatic nitrogens is 2. The van der Waals surface area contributed by atoms with E-state index in [4.69, 9.17) is 5.14 Å². The molecule has 0 atom stereocenters. The van der Waals surface area contributed by atoms with Crippen LogP contribution in [0, 0.1) is 0 Å². The standard InChI is InChI=1S/C12H15BrN4O2S/c1-2-17-8-15-6-9(17)7-16-12-4-3-10(5-11(12)13)20(14,18)19/h3-6,8,16H,2,7H2,1H3,(H2,14,18,19). The molecule has 0 aliphatic heterocycles. The summed E-state index contributed by atoms with van der Waals surface area (Å²) in [5.41, 5.74) is 1.84. The number of anilines is 1. The molecule has 0 aliphatic rings. The molecule has 0 radical (unpaired) electrons. The molecule has 1 heterocycles. The molecule has 2 rings (SSSR count). The number of rotatable bonds is 5. The van der Waals surface area contributed by atoms with Crippen molar-refractivity contribution in [1.82, 2.24) is 9.55 Å². The SMILES string of the molecule is CCn1cncc1CNc1ccc(S(N)(=O)=O)cc1Br. The molecule has 8 heteroatoms. The molecule has 0 fully saturated rings. The quantitative estimate of drug-likeness (QED) is 0.854. The molecule has 0 saturated carbocycles. The number of hydrogen-bond acceptors (Lipinski definition) is 4. The first-order valence-electron chi connectivity index (χ1n) is 5.97. The lowest BCUT2D eigenvalue weighted by atomic mass is 10.3. The maximum atomic E-state index is 11.2. The van der Waals surface area contributed by atoms with Crippen LogP contribution in [-0.2, 0) is 23.1 Å². The van der Waals surface area contributed by atoms with E-state index in [1.54, 1.807) is 18.6 Å². The molecule has 6 nitrogen and oxygen atoms in total. The topological polar surface area (TPSA) is 90.0 Å². The van der Waals surface area contributed by atoms with E-state index >= 15 is 0 Å². The average Bonchev–Trinajstić information content (AvgIpc) is 2.83. The first-order valence-corrected chi connectivity index (χ1v) is 8.31. The van der Waals surface area contributed by atoms with E-state index in [-0.39, 0.29) is 4.90 Å². The normalized spacial score (nSPS) is 11.6. The van der Waals surface area contributed by atoms with Crippen LogP contribution in [0.2, 0.25) is 0 Å². The van der Waals surface area contributed by atoms with Gasteiger partial charge in [-0.25, -0.2) is 18.5 Å². The number of imidazole rings is 1. The molecule has 0 amide bonds. The van der Waals surface area contributed by atoms with Crippen LogP contribution in [0.5, 0.6) is 0 Å². The minimum atomic E-state index is -3.68. The van der Waals surface area contributed by atoms with Crippen molar-refractivity contribution in [2.24, 2.45) is 5.14 Å². The lowest BCUT2D eigenvalue weighted by Gasteiger charge is -2.11. The molecule has 0 aliphatic carbocycles. The summed E-state index contributed by atoms with van der Waals surface area (Å²) < 4.78 is 25.2. The molecule has 108 valence electrons. The van der Waals surface area contributed by atoms with E-state index < -0.39 is 10.0 Å². The number of hydrogen-bond donors (Lipinski definition) is 2. The predicted octanol–water partition coefficient (Wildman–Crippen LogP) is 1.93. The lowest BCUT2D eigenvalue weighted by molar-refractivity contribution is 0.598. The van der Waals surface area contributed by atoms with Gasteiger partial charge in [0.15, 0.2) is 0 Å². The van der Waals surface area contributed by atoms with Gasteiger partial charge >= 0.3 is 0 Å². The maximum absolute atomic E-state index is 11.2. The van der Waals surface area contributed by atoms with Crippen LogP contribution in [0.4, 0.5) is 5.69 Å². The zero-order valence-electron chi connectivity index (χ0n) is 10.9. The Bertz CT molecular complexity index is 712. The number of aryl methyl sites for hydroxylation is 1. The molecular formula is C12H15BrN4O2S. The van der Waals surface area contributed by atoms with Crippen LogP contribution in [0.15, 0.2) is 40.1 Å². The Hall–Kier alpha value is -1.38. The number of nitrogens with zero attached hydrogens (tertiary/aromatic N) is 2. The van der Waals surface area contributed by atoms with Crippen LogP contribution in [0.1, 0.15) is 12.6 Å². The van der Waals surface area contributed by atoms with Gasteiger partial charge < -0.3 is 9.88 Å². The fourth-order valence-electron chi connectivity index (χ4n) is 1.78. The van der Waals surface area contributed by atoms with Crippen molar-refractivity contribution in [2.75, 3.05) is 5.32 Å². The minimum Gasteiger partial charge on any atom is -0.378 e. The highest BCUT2D eigenvalue weighted by Gasteiger charge is 2.10. The van der Waals surface area contributed by atoms with E-state index in [1.165, 1.54) is 12.1 Å². The van der Waals surface area contributed by atoms with Crippen molar-refractivity contribution in [1.29, 1.82) is 0 Å². The first-order chi connectivity index (χ1) is 9.41. The lowest BCUT2D eigenvalue weighted by Crippen LogP contribution is -2.12. The molecule has 0 saturated heterocycles. The van der Waals surface area contributed by atoms with Gasteiger partial charge in [0.05, 0.1) is 23.5 Å². The Morgan fingerprint density at radius 3 is 2.80 bits per heavy atom. The van der Waals surface area contributed by atoms with Gasteiger partial charge in [-0.1, -0.05) is 0 Å². The highest BCUT2D eigenvalue weighted by Crippen LogP contribution is 2.25. The Balaban J connectivity index is 2.15. The molecule has 1 aromatic heterocycles. The summed E-state index contributed by atoms with van der Waals surface area (Å²) in [6.07, 6.45) is 3.57. The second kappa shape index (κ2) is 5.94. The molecule has 0 bridgehead atoms. The third-order valence-electron chi connectivity index (χ3n) is 2.87. The summed E-state index contributed by atoms with van der Waals surface area (Å²) in [4.78, 5) is 4.17. The van der Waals surface area contributed by atoms with E-state index in [0.717, 1.165) is 17.9 Å². The number of primary sulfonamides is 1. The van der Waals surface area contributed by atoms with E-state index in [0.29, 0.717) is 11.0 Å². The van der Waals surface area contributed by atoms with Crippen molar-refractivity contribution >= 4 is 31.6 Å². The van der Waals surface area contributed by atoms with Crippen LogP contribution in [0.3, 0.4) is 0 Å². The maximum Gasteiger partial charge on any atom is 0.238 e. The van der Waals surface area contributed by atoms with Crippen molar-refractivity contribution in [3.05, 3.63) is 40.9 Å². The number of benzene rings is 1. The van der Waals surface area contributed by atoms with Gasteiger partial charge in [0.1, 0.15) is 0 Å². The second-order valence-electron chi connectivity index (χ2n) is 4.21. The summed E-state index contributed by atoms with van der Waals surface area (Å²) in [5, 5.41) is 8.31. The van der Waals surface area contributed by atoms with Crippen molar-refractivity contribution < 1.29 is 8.42 Å². The zero-order valence-corrected chi connectivity index (χ0v) is 13.3. The Morgan fingerprint density at radius 2 is 2.20 bits per heavy atom. The molecule has 0 unspecified atom stereocenters. The number of halogens is 1. The molecule has 0 spiro atoms. The summed E-state index contributed by atoms with van der Waals surface area (Å²) in [6.45, 7) is 3.49. The molecule has 2 aromatic rings. The smallest absolute Gasteiger partial charge is 0.238 e. The number of nitrogens with one attached hydrogen (secondary N) is 1. The molecule has 1 aromatic carbocycles. The van der Waals surface area contributed by atoms with E-state index in [1.807, 2.05) is 11.5 Å². The summed E-state index contributed by atoms with van der Waals surface area (Å²) in [6, 6.07) is 4.63. The van der Waals surface area contributed by atoms with Crippen LogP contribution in [0.25, 0.3) is 0 Å². The van der Waals surface area contributed by atoms with Crippen LogP contribution >= 0.6 is 15.9 Å². The Morgan fingerprint density at radius 1 is 1.45 bits per heavy atom. The number of sulfonamides is 1. The average molecular weight is 359 g/mol. The fraction of sp³-hybridized carbons (Fsp3) is 0.250. The largest absolute Gasteiger partial charge is 0.378 e. The van der Waals surface area contributed by atoms with Gasteiger partial charge in [-0.2, -0.15) is 0 Å². The Labute approximate surface area is 126 Å². The highest BCUT2D eigenvalue weighted by atomic mass is 79.9. The molecular weight excluding hydrogens is 344 g/mol. The van der Waals surface area contributed by atoms with Crippen LogP contribution < -0.4 is 10.5 Å². The van der Waals surface area contributed by atoms with Gasteiger partial charge in [-0.15, -0.1) is 0 Å². The minimum absolute atomic E-state index is 0.0773. The van der Waals surface area contributed by atoms with Gasteiger partial charge in [0, 0.05) is 22.9 Å². The van der Waals surface area contributed by atoms with Crippen molar-refractivity contribution in [3.63, 3.8) is 0 Å². The van der Waals surface area contributed by atoms with Gasteiger partial charge in [-0.05, 0) is 41.1 Å². The van der Waals surface area contributed by atoms with Crippen LogP contribution in [-0.4, -0.2) is 18.0 Å². The second-order valence-corrected chi connectivity index (χ2v) is 6.63. The summed E-state index contributed by atoms with van der Waals surface area (Å²) in [5.74, 6) is 0.